The summed E-state index contributed by atoms with van der Waals surface area (Å²) >= 11 is 0. The van der Waals surface area contributed by atoms with Gasteiger partial charge in [0.25, 0.3) is 0 Å². The summed E-state index contributed by atoms with van der Waals surface area (Å²) in [5.74, 6) is 0. The van der Waals surface area contributed by atoms with Gasteiger partial charge in [-0.25, -0.2) is 0 Å². The molecule has 1 aromatic carbocycles. The summed E-state index contributed by atoms with van der Waals surface area (Å²) < 4.78 is 0. The Kier molecular flexibility index (Phi) is 4.77. The van der Waals surface area contributed by atoms with E-state index in [1.807, 2.05) is 26.0 Å². The topological polar surface area (TPSA) is 21.6 Å². The van der Waals surface area contributed by atoms with Crippen LogP contribution >= 0.6 is 0 Å². The first-order valence-electron chi connectivity index (χ1n) is 5.50. The summed E-state index contributed by atoms with van der Waals surface area (Å²) in [6.45, 7) is 8.66. The lowest BCUT2D eigenvalue weighted by atomic mass is 10.0. The molecule has 16 heavy (non-hydrogen) atoms. The molecule has 0 spiro atoms. The Balaban J connectivity index is 2.72. The maximum atomic E-state index is 5.16. The molecule has 0 bridgehead atoms. The van der Waals surface area contributed by atoms with Gasteiger partial charge in [-0.1, -0.05) is 23.4 Å². The van der Waals surface area contributed by atoms with Gasteiger partial charge in [-0.2, -0.15) is 0 Å². The van der Waals surface area contributed by atoms with Gasteiger partial charge in [-0.3, -0.25) is 0 Å². The molecule has 0 radical (unpaired) electrons. The van der Waals surface area contributed by atoms with Crippen molar-refractivity contribution in [1.82, 2.24) is 0 Å². The third-order valence-electron chi connectivity index (χ3n) is 2.53. The maximum Gasteiger partial charge on any atom is 0.135 e. The molecule has 0 fully saturated rings. The van der Waals surface area contributed by atoms with Gasteiger partial charge in [0.1, 0.15) is 6.61 Å². The largest absolute Gasteiger partial charge is 0.391 e. The van der Waals surface area contributed by atoms with Crippen LogP contribution in [-0.4, -0.2) is 12.3 Å². The number of allylic oxidation sites excluding steroid dienone is 1. The minimum Gasteiger partial charge on any atom is -0.391 e. The minimum absolute atomic E-state index is 0.526. The Morgan fingerprint density at radius 3 is 2.69 bits per heavy atom. The smallest absolute Gasteiger partial charge is 0.135 e. The predicted octanol–water partition coefficient (Wildman–Crippen LogP) is 3.62. The van der Waals surface area contributed by atoms with Crippen molar-refractivity contribution in [2.45, 2.75) is 27.7 Å². The van der Waals surface area contributed by atoms with Crippen LogP contribution in [0.3, 0.4) is 0 Å². The minimum atomic E-state index is 0.526. The Morgan fingerprint density at radius 2 is 2.06 bits per heavy atom. The Labute approximate surface area is 97.6 Å². The fourth-order valence-electron chi connectivity index (χ4n) is 1.29. The quantitative estimate of drug-likeness (QED) is 0.327. The van der Waals surface area contributed by atoms with Crippen molar-refractivity contribution >= 4 is 5.71 Å². The van der Waals surface area contributed by atoms with Gasteiger partial charge in [0, 0.05) is 0 Å². The predicted molar refractivity (Wildman–Crippen MR) is 68.9 cm³/mol. The van der Waals surface area contributed by atoms with Crippen LogP contribution in [-0.2, 0) is 4.84 Å². The van der Waals surface area contributed by atoms with Crippen LogP contribution in [0.1, 0.15) is 30.5 Å². The molecule has 2 nitrogen and oxygen atoms in total. The highest BCUT2D eigenvalue weighted by Crippen LogP contribution is 2.10. The first kappa shape index (κ1) is 12.5. The van der Waals surface area contributed by atoms with Gasteiger partial charge >= 0.3 is 0 Å². The van der Waals surface area contributed by atoms with E-state index in [0.717, 1.165) is 11.3 Å². The molecule has 1 rings (SSSR count). The van der Waals surface area contributed by atoms with E-state index in [1.54, 1.807) is 0 Å². The van der Waals surface area contributed by atoms with Crippen molar-refractivity contribution in [1.29, 1.82) is 0 Å². The van der Waals surface area contributed by atoms with Gasteiger partial charge in [-0.15, -0.1) is 0 Å². The van der Waals surface area contributed by atoms with Crippen LogP contribution in [0.5, 0.6) is 0 Å². The van der Waals surface area contributed by atoms with Gasteiger partial charge in [0.05, 0.1) is 5.71 Å². The lowest BCUT2D eigenvalue weighted by Crippen LogP contribution is -1.98. The molecule has 86 valence electrons. The summed E-state index contributed by atoms with van der Waals surface area (Å²) in [6.07, 6.45) is 3.87. The van der Waals surface area contributed by atoms with E-state index in [2.05, 4.69) is 37.2 Å². The van der Waals surface area contributed by atoms with Crippen LogP contribution in [0, 0.1) is 13.8 Å². The molecule has 0 aliphatic carbocycles. The molecular formula is C14H19NO. The van der Waals surface area contributed by atoms with Crippen LogP contribution in [0.15, 0.2) is 35.5 Å². The molecule has 0 N–H and O–H groups in total. The molecule has 1 aromatic rings. The number of rotatable bonds is 4. The summed E-state index contributed by atoms with van der Waals surface area (Å²) in [4.78, 5) is 5.16. The number of nitrogens with zero attached hydrogens (tertiary/aromatic N) is 1. The number of benzene rings is 1. The molecule has 0 amide bonds. The monoisotopic (exact) mass is 217 g/mol. The van der Waals surface area contributed by atoms with Crippen molar-refractivity contribution in [2.24, 2.45) is 5.16 Å². The average molecular weight is 217 g/mol. The second kappa shape index (κ2) is 6.11. The Morgan fingerprint density at radius 1 is 1.31 bits per heavy atom. The van der Waals surface area contributed by atoms with E-state index >= 15 is 0 Å². The summed E-state index contributed by atoms with van der Waals surface area (Å²) in [5, 5.41) is 4.07. The van der Waals surface area contributed by atoms with Crippen LogP contribution in [0.25, 0.3) is 0 Å². The lowest BCUT2D eigenvalue weighted by Gasteiger charge is -2.04. The zero-order valence-electron chi connectivity index (χ0n) is 10.4. The number of hydrogen-bond acceptors (Lipinski definition) is 2. The molecule has 0 unspecified atom stereocenters. The number of hydrogen-bond donors (Lipinski definition) is 0. The second-order valence-electron chi connectivity index (χ2n) is 3.84. The van der Waals surface area contributed by atoms with Crippen molar-refractivity contribution in [3.05, 3.63) is 47.0 Å². The molecule has 0 aromatic heterocycles. The van der Waals surface area contributed by atoms with E-state index < -0.39 is 0 Å². The second-order valence-corrected chi connectivity index (χ2v) is 3.84. The highest BCUT2D eigenvalue weighted by Gasteiger charge is 1.99. The summed E-state index contributed by atoms with van der Waals surface area (Å²) in [6, 6.07) is 6.31. The zero-order valence-corrected chi connectivity index (χ0v) is 10.4. The zero-order chi connectivity index (χ0) is 12.0. The highest BCUT2D eigenvalue weighted by molar-refractivity contribution is 5.98. The van der Waals surface area contributed by atoms with E-state index in [-0.39, 0.29) is 0 Å². The fourth-order valence-corrected chi connectivity index (χ4v) is 1.29. The number of oxime groups is 1. The SMILES string of the molecule is CC=CCO/N=C(/C)c1ccc(C)c(C)c1. The van der Waals surface area contributed by atoms with Gasteiger partial charge < -0.3 is 4.84 Å². The summed E-state index contributed by atoms with van der Waals surface area (Å²) in [5.41, 5.74) is 4.60. The van der Waals surface area contributed by atoms with Gasteiger partial charge in [-0.05, 0) is 56.5 Å². The fraction of sp³-hybridized carbons (Fsp3) is 0.357. The van der Waals surface area contributed by atoms with E-state index in [1.165, 1.54) is 11.1 Å². The number of aryl methyl sites for hydroxylation is 2. The molecule has 0 saturated heterocycles. The molecule has 0 atom stereocenters. The van der Waals surface area contributed by atoms with E-state index in [9.17, 15) is 0 Å². The van der Waals surface area contributed by atoms with Crippen LogP contribution < -0.4 is 0 Å². The Bertz CT molecular complexity index is 405. The molecular weight excluding hydrogens is 198 g/mol. The molecule has 0 heterocycles. The molecule has 2 heteroatoms. The molecule has 0 aliphatic rings. The average Bonchev–Trinajstić information content (AvgIpc) is 2.28. The van der Waals surface area contributed by atoms with E-state index in [4.69, 9.17) is 4.84 Å². The molecule has 0 saturated carbocycles. The Hall–Kier alpha value is -1.57. The van der Waals surface area contributed by atoms with E-state index in [0.29, 0.717) is 6.61 Å². The van der Waals surface area contributed by atoms with Crippen LogP contribution in [0.4, 0.5) is 0 Å². The van der Waals surface area contributed by atoms with Crippen molar-refractivity contribution in [3.63, 3.8) is 0 Å². The standard InChI is InChI=1S/C14H19NO/c1-5-6-9-16-15-13(4)14-8-7-11(2)12(3)10-14/h5-8,10H,9H2,1-4H3/b6-5?,15-13-. The third kappa shape index (κ3) is 3.54. The van der Waals surface area contributed by atoms with Crippen molar-refractivity contribution in [2.75, 3.05) is 6.61 Å². The summed E-state index contributed by atoms with van der Waals surface area (Å²) in [7, 11) is 0. The van der Waals surface area contributed by atoms with Gasteiger partial charge in [0.15, 0.2) is 0 Å². The first-order valence-corrected chi connectivity index (χ1v) is 5.50. The van der Waals surface area contributed by atoms with Crippen LogP contribution in [0.2, 0.25) is 0 Å². The highest BCUT2D eigenvalue weighted by atomic mass is 16.6. The first-order chi connectivity index (χ1) is 7.65. The molecule has 0 aliphatic heterocycles. The van der Waals surface area contributed by atoms with Gasteiger partial charge in [0.2, 0.25) is 0 Å². The van der Waals surface area contributed by atoms with Crippen molar-refractivity contribution < 1.29 is 4.84 Å². The maximum absolute atomic E-state index is 5.16. The van der Waals surface area contributed by atoms with Crippen molar-refractivity contribution in [3.8, 4) is 0 Å². The normalized spacial score (nSPS) is 12.1. The third-order valence-corrected chi connectivity index (χ3v) is 2.53. The lowest BCUT2D eigenvalue weighted by molar-refractivity contribution is 0.174.